The Labute approximate surface area is 106 Å². The molecule has 0 aromatic heterocycles. The first-order valence-electron chi connectivity index (χ1n) is 5.81. The molecule has 1 N–H and O–H groups in total. The molecule has 0 aliphatic carbocycles. The fourth-order valence-corrected chi connectivity index (χ4v) is 3.13. The topological polar surface area (TPSA) is 15.3 Å². The third-order valence-electron chi connectivity index (χ3n) is 3.33. The zero-order valence-corrected chi connectivity index (χ0v) is 11.5. The van der Waals surface area contributed by atoms with Gasteiger partial charge in [-0.3, -0.25) is 0 Å². The largest absolute Gasteiger partial charge is 0.316 e. The zero-order valence-electron chi connectivity index (χ0n) is 9.91. The summed E-state index contributed by atoms with van der Waals surface area (Å²) < 4.78 is 1.22. The van der Waals surface area contributed by atoms with Crippen molar-refractivity contribution in [3.63, 3.8) is 0 Å². The Morgan fingerprint density at radius 3 is 2.69 bits per heavy atom. The fourth-order valence-electron chi connectivity index (χ4n) is 2.62. The highest BCUT2D eigenvalue weighted by Gasteiger charge is 2.28. The van der Waals surface area contributed by atoms with Gasteiger partial charge in [0, 0.05) is 10.5 Å². The molecule has 2 unspecified atom stereocenters. The van der Waals surface area contributed by atoms with Gasteiger partial charge in [-0.25, -0.2) is 0 Å². The van der Waals surface area contributed by atoms with E-state index >= 15 is 0 Å². The molecule has 1 aromatic rings. The van der Waals surface area contributed by atoms with Crippen LogP contribution in [-0.2, 0) is 0 Å². The molecule has 1 aromatic carbocycles. The van der Waals surface area contributed by atoms with Crippen LogP contribution in [0, 0.1) is 5.92 Å². The van der Waals surface area contributed by atoms with Crippen LogP contribution in [0.4, 0.5) is 0 Å². The average Bonchev–Trinajstić information content (AvgIpc) is 2.74. The molecule has 0 spiro atoms. The van der Waals surface area contributed by atoms with Gasteiger partial charge in [0.05, 0.1) is 0 Å². The third-order valence-corrected chi connectivity index (χ3v) is 4.05. The summed E-state index contributed by atoms with van der Waals surface area (Å²) in [6, 6.07) is 9.07. The second-order valence-corrected chi connectivity index (χ2v) is 5.54. The first-order valence-corrected chi connectivity index (χ1v) is 6.61. The van der Waals surface area contributed by atoms with E-state index in [9.17, 15) is 0 Å². The van der Waals surface area contributed by atoms with Gasteiger partial charge < -0.3 is 10.2 Å². The van der Waals surface area contributed by atoms with E-state index < -0.39 is 0 Å². The molecule has 0 bridgehead atoms. The second kappa shape index (κ2) is 5.30. The maximum Gasteiger partial charge on any atom is 0.0393 e. The molecule has 16 heavy (non-hydrogen) atoms. The molecule has 0 amide bonds. The lowest BCUT2D eigenvalue weighted by atomic mass is 9.91. The second-order valence-electron chi connectivity index (χ2n) is 4.68. The monoisotopic (exact) mass is 282 g/mol. The van der Waals surface area contributed by atoms with E-state index in [1.165, 1.54) is 16.5 Å². The van der Waals surface area contributed by atoms with Crippen molar-refractivity contribution in [2.45, 2.75) is 12.5 Å². The summed E-state index contributed by atoms with van der Waals surface area (Å²) in [5, 5.41) is 3.45. The van der Waals surface area contributed by atoms with Gasteiger partial charge in [0.2, 0.25) is 0 Å². The van der Waals surface area contributed by atoms with E-state index in [4.69, 9.17) is 0 Å². The molecule has 3 heteroatoms. The predicted octanol–water partition coefficient (Wildman–Crippen LogP) is 2.66. The van der Waals surface area contributed by atoms with Crippen LogP contribution in [0.1, 0.15) is 18.0 Å². The van der Waals surface area contributed by atoms with Gasteiger partial charge in [-0.2, -0.15) is 0 Å². The summed E-state index contributed by atoms with van der Waals surface area (Å²) in [5.41, 5.74) is 1.40. The van der Waals surface area contributed by atoms with Crippen LogP contribution >= 0.6 is 15.9 Å². The van der Waals surface area contributed by atoms with Crippen LogP contribution in [-0.4, -0.2) is 32.1 Å². The van der Waals surface area contributed by atoms with E-state index in [0.717, 1.165) is 13.1 Å². The lowest BCUT2D eigenvalue weighted by molar-refractivity contribution is 0.222. The van der Waals surface area contributed by atoms with Crippen molar-refractivity contribution in [1.82, 2.24) is 10.2 Å². The number of nitrogens with one attached hydrogen (secondary N) is 1. The molecule has 2 nitrogen and oxygen atoms in total. The molecule has 1 heterocycles. The van der Waals surface area contributed by atoms with E-state index in [1.807, 2.05) is 0 Å². The Hall–Kier alpha value is -0.380. The number of halogens is 1. The fraction of sp³-hybridized carbons (Fsp3) is 0.538. The van der Waals surface area contributed by atoms with Crippen LogP contribution in [0.15, 0.2) is 28.7 Å². The Kier molecular flexibility index (Phi) is 4.00. The van der Waals surface area contributed by atoms with Gasteiger partial charge in [-0.05, 0) is 51.2 Å². The van der Waals surface area contributed by atoms with Crippen LogP contribution in [0.2, 0.25) is 0 Å². The Morgan fingerprint density at radius 1 is 1.38 bits per heavy atom. The molecule has 88 valence electrons. The molecule has 0 saturated carbocycles. The molecule has 1 saturated heterocycles. The summed E-state index contributed by atoms with van der Waals surface area (Å²) in [7, 11) is 4.34. The van der Waals surface area contributed by atoms with Crippen molar-refractivity contribution in [2.75, 3.05) is 27.2 Å². The van der Waals surface area contributed by atoms with Crippen LogP contribution in [0.5, 0.6) is 0 Å². The highest BCUT2D eigenvalue weighted by atomic mass is 79.9. The smallest absolute Gasteiger partial charge is 0.0393 e. The minimum atomic E-state index is 0.505. The van der Waals surface area contributed by atoms with Gasteiger partial charge >= 0.3 is 0 Å². The molecular weight excluding hydrogens is 264 g/mol. The van der Waals surface area contributed by atoms with Crippen LogP contribution in [0.25, 0.3) is 0 Å². The predicted molar refractivity (Wildman–Crippen MR) is 71.5 cm³/mol. The third kappa shape index (κ3) is 2.47. The first kappa shape index (κ1) is 12.1. The minimum Gasteiger partial charge on any atom is -0.316 e. The summed E-state index contributed by atoms with van der Waals surface area (Å²) in [6.45, 7) is 2.28. The van der Waals surface area contributed by atoms with E-state index in [1.54, 1.807) is 0 Å². The average molecular weight is 283 g/mol. The van der Waals surface area contributed by atoms with Crippen molar-refractivity contribution in [2.24, 2.45) is 5.92 Å². The van der Waals surface area contributed by atoms with E-state index in [-0.39, 0.29) is 0 Å². The number of benzene rings is 1. The number of hydrogen-bond acceptors (Lipinski definition) is 2. The number of nitrogens with zero attached hydrogens (tertiary/aromatic N) is 1. The summed E-state index contributed by atoms with van der Waals surface area (Å²) in [4.78, 5) is 2.33. The quantitative estimate of drug-likeness (QED) is 0.917. The molecular formula is C13H19BrN2. The molecule has 0 radical (unpaired) electrons. The SMILES string of the molecule is CN(C)C(c1ccccc1Br)C1CCNC1. The highest BCUT2D eigenvalue weighted by molar-refractivity contribution is 9.10. The van der Waals surface area contributed by atoms with Crippen molar-refractivity contribution < 1.29 is 0 Å². The Bertz CT molecular complexity index is 346. The van der Waals surface area contributed by atoms with Crippen LogP contribution in [0.3, 0.4) is 0 Å². The van der Waals surface area contributed by atoms with Crippen molar-refractivity contribution >= 4 is 15.9 Å². The zero-order chi connectivity index (χ0) is 11.5. The number of hydrogen-bond donors (Lipinski definition) is 1. The lowest BCUT2D eigenvalue weighted by Crippen LogP contribution is -2.29. The summed E-state index contributed by atoms with van der Waals surface area (Å²) in [5.74, 6) is 0.716. The first-order chi connectivity index (χ1) is 7.70. The van der Waals surface area contributed by atoms with Crippen molar-refractivity contribution in [3.8, 4) is 0 Å². The standard InChI is InChI=1S/C13H19BrN2/c1-16(2)13(10-7-8-15-9-10)11-5-3-4-6-12(11)14/h3-6,10,13,15H,7-9H2,1-2H3. The summed E-state index contributed by atoms with van der Waals surface area (Å²) in [6.07, 6.45) is 1.27. The highest BCUT2D eigenvalue weighted by Crippen LogP contribution is 2.34. The van der Waals surface area contributed by atoms with E-state index in [0.29, 0.717) is 12.0 Å². The van der Waals surface area contributed by atoms with Gasteiger partial charge in [-0.15, -0.1) is 0 Å². The van der Waals surface area contributed by atoms with Gasteiger partial charge in [0.1, 0.15) is 0 Å². The maximum atomic E-state index is 3.67. The molecule has 2 atom stereocenters. The Morgan fingerprint density at radius 2 is 2.12 bits per heavy atom. The lowest BCUT2D eigenvalue weighted by Gasteiger charge is -2.30. The molecule has 1 aliphatic heterocycles. The molecule has 1 fully saturated rings. The number of rotatable bonds is 3. The Balaban J connectivity index is 2.28. The molecule has 2 rings (SSSR count). The van der Waals surface area contributed by atoms with Gasteiger partial charge in [0.15, 0.2) is 0 Å². The van der Waals surface area contributed by atoms with Crippen molar-refractivity contribution in [1.29, 1.82) is 0 Å². The van der Waals surface area contributed by atoms with E-state index in [2.05, 4.69) is 64.5 Å². The normalized spacial score (nSPS) is 22.6. The summed E-state index contributed by atoms with van der Waals surface area (Å²) >= 11 is 3.67. The minimum absolute atomic E-state index is 0.505. The van der Waals surface area contributed by atoms with Crippen molar-refractivity contribution in [3.05, 3.63) is 34.3 Å². The van der Waals surface area contributed by atoms with Crippen LogP contribution < -0.4 is 5.32 Å². The van der Waals surface area contributed by atoms with Gasteiger partial charge in [-0.1, -0.05) is 34.1 Å². The maximum absolute atomic E-state index is 3.67. The molecule has 1 aliphatic rings. The van der Waals surface area contributed by atoms with Gasteiger partial charge in [0.25, 0.3) is 0 Å².